The van der Waals surface area contributed by atoms with E-state index in [0.29, 0.717) is 5.15 Å². The van der Waals surface area contributed by atoms with Crippen molar-refractivity contribution < 1.29 is 0 Å². The smallest absolute Gasteiger partial charge is 0.126 e. The van der Waals surface area contributed by atoms with Crippen LogP contribution < -0.4 is 0 Å². The Balaban J connectivity index is 3.12. The molecule has 0 aliphatic heterocycles. The molecule has 0 N–H and O–H groups in total. The van der Waals surface area contributed by atoms with Crippen molar-refractivity contribution in [2.24, 2.45) is 0 Å². The maximum Gasteiger partial charge on any atom is 0.167 e. The van der Waals surface area contributed by atoms with Gasteiger partial charge in [-0.2, -0.15) is 0 Å². The first-order valence-corrected chi connectivity index (χ1v) is 2.90. The Bertz CT molecular complexity index is 145. The van der Waals surface area contributed by atoms with Crippen LogP contribution >= 0.6 is 23.1 Å². The molecule has 0 radical (unpaired) electrons. The van der Waals surface area contributed by atoms with Gasteiger partial charge in [0.1, 0.15) is 0 Å². The largest absolute Gasteiger partial charge is 0.167 e. The number of rotatable bonds is 0. The lowest BCUT2D eigenvalue weighted by atomic mass is 10.6. The van der Waals surface area contributed by atoms with Crippen molar-refractivity contribution in [3.8, 4) is 0 Å². The van der Waals surface area contributed by atoms with Crippen LogP contribution in [0.25, 0.3) is 0 Å². The Labute approximate surface area is 50.3 Å². The third-order valence-corrected chi connectivity index (χ3v) is 1.70. The summed E-state index contributed by atoms with van der Waals surface area (Å²) in [4.78, 5) is 0.974. The zero-order chi connectivity index (χ0) is 5.28. The summed E-state index contributed by atoms with van der Waals surface area (Å²) in [7, 11) is 0. The molecule has 0 saturated heterocycles. The van der Waals surface area contributed by atoms with Gasteiger partial charge in [0.15, 0.2) is 5.15 Å². The molecule has 0 spiro atoms. The molecule has 38 valence electrons. The number of hydrogen-bond acceptors (Lipinski definition) is 3. The van der Waals surface area contributed by atoms with Gasteiger partial charge in [-0.1, -0.05) is 16.1 Å². The number of hydrogen-bond donors (Lipinski definition) is 0. The number of nitrogens with zero attached hydrogens (tertiary/aromatic N) is 2. The van der Waals surface area contributed by atoms with Crippen LogP contribution in [0.3, 0.4) is 0 Å². The van der Waals surface area contributed by atoms with E-state index < -0.39 is 0 Å². The van der Waals surface area contributed by atoms with Gasteiger partial charge in [-0.25, -0.2) is 0 Å². The van der Waals surface area contributed by atoms with E-state index in [1.54, 1.807) is 0 Å². The standard InChI is InChI=1S/C3H3ClN2S/c1-2-3(4)5-6-7-2/h1H3. The van der Waals surface area contributed by atoms with Gasteiger partial charge < -0.3 is 0 Å². The van der Waals surface area contributed by atoms with Crippen LogP contribution in [0.1, 0.15) is 4.88 Å². The zero-order valence-corrected chi connectivity index (χ0v) is 5.25. The highest BCUT2D eigenvalue weighted by Gasteiger charge is 1.94. The van der Waals surface area contributed by atoms with E-state index in [9.17, 15) is 0 Å². The summed E-state index contributed by atoms with van der Waals surface area (Å²) in [5, 5.41) is 4.07. The Morgan fingerprint density at radius 3 is 2.57 bits per heavy atom. The van der Waals surface area contributed by atoms with E-state index >= 15 is 0 Å². The first-order valence-electron chi connectivity index (χ1n) is 1.75. The fourth-order valence-corrected chi connectivity index (χ4v) is 0.773. The molecule has 0 unspecified atom stereocenters. The van der Waals surface area contributed by atoms with Crippen LogP contribution in [0, 0.1) is 6.92 Å². The number of aryl methyl sites for hydroxylation is 1. The maximum atomic E-state index is 5.46. The van der Waals surface area contributed by atoms with Crippen molar-refractivity contribution in [1.29, 1.82) is 0 Å². The van der Waals surface area contributed by atoms with E-state index in [1.165, 1.54) is 11.5 Å². The van der Waals surface area contributed by atoms with Gasteiger partial charge in [0.05, 0.1) is 4.88 Å². The van der Waals surface area contributed by atoms with E-state index in [-0.39, 0.29) is 0 Å². The van der Waals surface area contributed by atoms with Crippen molar-refractivity contribution in [2.75, 3.05) is 0 Å². The molecular weight excluding hydrogens is 132 g/mol. The number of aromatic nitrogens is 2. The molecule has 1 rings (SSSR count). The molecule has 0 fully saturated rings. The first kappa shape index (κ1) is 5.00. The van der Waals surface area contributed by atoms with Crippen LogP contribution in [0.4, 0.5) is 0 Å². The minimum absolute atomic E-state index is 0.519. The maximum absolute atomic E-state index is 5.46. The second kappa shape index (κ2) is 1.76. The Morgan fingerprint density at radius 2 is 2.43 bits per heavy atom. The van der Waals surface area contributed by atoms with Crippen molar-refractivity contribution >= 4 is 23.1 Å². The second-order valence-electron chi connectivity index (χ2n) is 1.12. The lowest BCUT2D eigenvalue weighted by Gasteiger charge is -1.71. The molecule has 7 heavy (non-hydrogen) atoms. The zero-order valence-electron chi connectivity index (χ0n) is 3.68. The Hall–Kier alpha value is -0.150. The monoisotopic (exact) mass is 134 g/mol. The van der Waals surface area contributed by atoms with Gasteiger partial charge in [0.2, 0.25) is 0 Å². The molecule has 0 aromatic carbocycles. The van der Waals surface area contributed by atoms with Crippen LogP contribution in [-0.4, -0.2) is 9.59 Å². The highest BCUT2D eigenvalue weighted by Crippen LogP contribution is 2.12. The van der Waals surface area contributed by atoms with Gasteiger partial charge in [-0.15, -0.1) is 5.10 Å². The highest BCUT2D eigenvalue weighted by atomic mass is 35.5. The molecule has 0 atom stereocenters. The van der Waals surface area contributed by atoms with Crippen LogP contribution in [0.2, 0.25) is 5.15 Å². The summed E-state index contributed by atoms with van der Waals surface area (Å²) in [5.41, 5.74) is 0. The predicted molar refractivity (Wildman–Crippen MR) is 29.7 cm³/mol. The normalized spacial score (nSPS) is 9.43. The summed E-state index contributed by atoms with van der Waals surface area (Å²) in [6.45, 7) is 1.88. The van der Waals surface area contributed by atoms with Crippen molar-refractivity contribution in [2.45, 2.75) is 6.92 Å². The topological polar surface area (TPSA) is 25.8 Å². The molecule has 2 nitrogen and oxygen atoms in total. The Kier molecular flexibility index (Phi) is 1.25. The van der Waals surface area contributed by atoms with Gasteiger partial charge >= 0.3 is 0 Å². The third kappa shape index (κ3) is 0.894. The van der Waals surface area contributed by atoms with Crippen molar-refractivity contribution in [1.82, 2.24) is 9.59 Å². The van der Waals surface area contributed by atoms with Crippen LogP contribution in [0.5, 0.6) is 0 Å². The van der Waals surface area contributed by atoms with E-state index in [2.05, 4.69) is 9.59 Å². The average Bonchev–Trinajstić information content (AvgIpc) is 1.91. The predicted octanol–water partition coefficient (Wildman–Crippen LogP) is 1.50. The summed E-state index contributed by atoms with van der Waals surface area (Å²) in [6.07, 6.45) is 0. The fourth-order valence-electron chi connectivity index (χ4n) is 0.226. The highest BCUT2D eigenvalue weighted by molar-refractivity contribution is 7.06. The van der Waals surface area contributed by atoms with Crippen molar-refractivity contribution in [3.05, 3.63) is 10.0 Å². The summed E-state index contributed by atoms with van der Waals surface area (Å²) >= 11 is 6.77. The summed E-state index contributed by atoms with van der Waals surface area (Å²) in [5.74, 6) is 0. The first-order chi connectivity index (χ1) is 3.30. The molecule has 0 saturated carbocycles. The number of halogens is 1. The molecule has 0 bridgehead atoms. The molecular formula is C3H3ClN2S. The lowest BCUT2D eigenvalue weighted by molar-refractivity contribution is 1.15. The Morgan fingerprint density at radius 1 is 1.71 bits per heavy atom. The third-order valence-electron chi connectivity index (χ3n) is 0.597. The van der Waals surface area contributed by atoms with E-state index in [0.717, 1.165) is 4.88 Å². The van der Waals surface area contributed by atoms with Gasteiger partial charge in [0.25, 0.3) is 0 Å². The summed E-state index contributed by atoms with van der Waals surface area (Å²) in [6, 6.07) is 0. The van der Waals surface area contributed by atoms with Crippen molar-refractivity contribution in [3.63, 3.8) is 0 Å². The molecule has 1 aromatic heterocycles. The lowest BCUT2D eigenvalue weighted by Crippen LogP contribution is -1.62. The molecule has 1 aromatic rings. The molecule has 0 aliphatic rings. The second-order valence-corrected chi connectivity index (χ2v) is 2.44. The van der Waals surface area contributed by atoms with Gasteiger partial charge in [0, 0.05) is 0 Å². The molecule has 1 heterocycles. The molecule has 4 heteroatoms. The average molecular weight is 135 g/mol. The molecule has 0 aliphatic carbocycles. The fraction of sp³-hybridized carbons (Fsp3) is 0.333. The van der Waals surface area contributed by atoms with Gasteiger partial charge in [-0.3, -0.25) is 0 Å². The van der Waals surface area contributed by atoms with Gasteiger partial charge in [-0.05, 0) is 18.5 Å². The van der Waals surface area contributed by atoms with Crippen LogP contribution in [0.15, 0.2) is 0 Å². The summed E-state index contributed by atoms with van der Waals surface area (Å²) < 4.78 is 3.58. The minimum Gasteiger partial charge on any atom is -0.126 e. The van der Waals surface area contributed by atoms with E-state index in [4.69, 9.17) is 11.6 Å². The quantitative estimate of drug-likeness (QED) is 0.538. The van der Waals surface area contributed by atoms with E-state index in [1.807, 2.05) is 6.92 Å². The molecule has 0 amide bonds. The SMILES string of the molecule is Cc1snnc1Cl. The minimum atomic E-state index is 0.519. The van der Waals surface area contributed by atoms with Crippen LogP contribution in [-0.2, 0) is 0 Å².